The number of nitrogens with zero attached hydrogens (tertiary/aromatic N) is 8. The minimum atomic E-state index is -3.82. The molecule has 0 aliphatic heterocycles. The van der Waals surface area contributed by atoms with Crippen molar-refractivity contribution in [2.75, 3.05) is 56.8 Å². The first kappa shape index (κ1) is 74.0. The van der Waals surface area contributed by atoms with Crippen LogP contribution in [0.1, 0.15) is 41.4 Å². The number of methoxy groups -OCH3 is 5. The van der Waals surface area contributed by atoms with Crippen LogP contribution in [0.3, 0.4) is 0 Å². The molecule has 29 nitrogen and oxygen atoms in total. The molecule has 4 heterocycles. The number of primary amides is 4. The Kier molecular flexibility index (Phi) is 24.6. The number of hydrogen-bond acceptors (Lipinski definition) is 24. The number of carbonyl (C=O) groups excluding carboxylic acids is 4. The topological polar surface area (TPSA) is 450 Å². The van der Waals surface area contributed by atoms with Crippen LogP contribution in [0.25, 0.3) is 45.0 Å². The van der Waals surface area contributed by atoms with Gasteiger partial charge in [-0.2, -0.15) is 0 Å². The van der Waals surface area contributed by atoms with Gasteiger partial charge in [0, 0.05) is 81.9 Å². The molecule has 0 aliphatic carbocycles. The Hall–Kier alpha value is -14.2. The van der Waals surface area contributed by atoms with Gasteiger partial charge >= 0.3 is 0 Å². The Bertz CT molecular complexity index is 5080. The van der Waals surface area contributed by atoms with Gasteiger partial charge in [-0.25, -0.2) is 57.8 Å². The highest BCUT2D eigenvalue weighted by Gasteiger charge is 2.18. The number of primary sulfonamides is 1. The number of halogens is 1. The second-order valence-electron chi connectivity index (χ2n) is 21.5. The summed E-state index contributed by atoms with van der Waals surface area (Å²) in [6.45, 7) is 0. The lowest BCUT2D eigenvalue weighted by Gasteiger charge is -2.10. The quantitative estimate of drug-likeness (QED) is 0.0301. The lowest BCUT2D eigenvalue weighted by Crippen LogP contribution is -2.12. The average Bonchev–Trinajstić information content (AvgIpc) is 0.839. The van der Waals surface area contributed by atoms with E-state index >= 15 is 0 Å². The summed E-state index contributed by atoms with van der Waals surface area (Å²) in [5.74, 6) is 1.07. The fourth-order valence-electron chi connectivity index (χ4n) is 9.68. The summed E-state index contributed by atoms with van der Waals surface area (Å²) in [4.78, 5) is 80.7. The van der Waals surface area contributed by atoms with Crippen molar-refractivity contribution in [1.29, 1.82) is 0 Å². The summed E-state index contributed by atoms with van der Waals surface area (Å²) in [7, 11) is 3.66. The van der Waals surface area contributed by atoms with Crippen molar-refractivity contribution in [3.05, 3.63) is 247 Å². The Morgan fingerprint density at radius 2 is 0.683 bits per heavy atom. The van der Waals surface area contributed by atoms with Gasteiger partial charge in [0.2, 0.25) is 33.8 Å². The number of ether oxygens (including phenoxy) is 5. The number of nitrogens with two attached hydrogens (primary N) is 5. The van der Waals surface area contributed by atoms with E-state index in [-0.39, 0.29) is 39.1 Å². The summed E-state index contributed by atoms with van der Waals surface area (Å²) in [6.07, 6.45) is 6.33. The molecule has 12 aromatic rings. The number of carbonyl (C=O) groups is 4. The summed E-state index contributed by atoms with van der Waals surface area (Å²) in [6, 6.07) is 53.1. The molecule has 8 aromatic carbocycles. The maximum absolute atomic E-state index is 13.3. The smallest absolute Gasteiger partial charge is 0.252 e. The van der Waals surface area contributed by atoms with Gasteiger partial charge in [0.25, 0.3) is 23.6 Å². The van der Waals surface area contributed by atoms with Gasteiger partial charge in [-0.3, -0.25) is 19.2 Å². The number of hydrogen-bond donors (Lipinski definition) is 10. The SMILES string of the molecule is COc1ccc(-c2ccnc(Nc3cccc(F)c3)n2)cc1C(N)=O.COc1ccc(-c2ccnc(Nc3cccc(O)c3)n2)cc1C(N)=O.COc1ccc(-c2ccnc(Nc3cccc(S(N)(=O)=O)c3)n2)cc1C(N)=O.COc1cccc(Nc2nccc(-c3ccc(OC)c(C(N)=O)c3)n2)c1. The lowest BCUT2D eigenvalue weighted by atomic mass is 10.1. The third kappa shape index (κ3) is 20.0. The number of anilines is 8. The molecule has 0 saturated carbocycles. The van der Waals surface area contributed by atoms with Crippen molar-refractivity contribution < 1.29 is 60.8 Å². The van der Waals surface area contributed by atoms with Gasteiger partial charge in [-0.05, 0) is 158 Å². The van der Waals surface area contributed by atoms with Gasteiger partial charge in [0.15, 0.2) is 0 Å². The van der Waals surface area contributed by atoms with E-state index in [2.05, 4.69) is 61.1 Å². The maximum atomic E-state index is 13.3. The van der Waals surface area contributed by atoms with Gasteiger partial charge in [-0.15, -0.1) is 0 Å². The first-order valence-electron chi connectivity index (χ1n) is 30.7. The molecule has 0 unspecified atom stereocenters. The maximum Gasteiger partial charge on any atom is 0.252 e. The largest absolute Gasteiger partial charge is 0.508 e. The number of phenols is 1. The van der Waals surface area contributed by atoms with Crippen molar-refractivity contribution in [3.63, 3.8) is 0 Å². The highest BCUT2D eigenvalue weighted by Crippen LogP contribution is 2.32. The van der Waals surface area contributed by atoms with E-state index in [4.69, 9.17) is 51.8 Å². The predicted octanol–water partition coefficient (Wildman–Crippen LogP) is 10.5. The summed E-state index contributed by atoms with van der Waals surface area (Å²) >= 11 is 0. The highest BCUT2D eigenvalue weighted by molar-refractivity contribution is 7.89. The number of rotatable bonds is 22. The van der Waals surface area contributed by atoms with E-state index in [9.17, 15) is 37.1 Å². The third-order valence-electron chi connectivity index (χ3n) is 14.6. The molecule has 12 rings (SSSR count). The average molecular weight is 1420 g/mol. The number of phenolic OH excluding ortho intramolecular Hbond substituents is 1. The van der Waals surface area contributed by atoms with Crippen LogP contribution in [0, 0.1) is 5.82 Å². The second kappa shape index (κ2) is 34.5. The Balaban J connectivity index is 0.000000161. The van der Waals surface area contributed by atoms with Gasteiger partial charge in [0.05, 0.1) is 85.5 Å². The monoisotopic (exact) mass is 1420 g/mol. The molecule has 4 aromatic heterocycles. The highest BCUT2D eigenvalue weighted by atomic mass is 32.2. The Labute approximate surface area is 594 Å². The second-order valence-corrected chi connectivity index (χ2v) is 23.1. The van der Waals surface area contributed by atoms with Crippen molar-refractivity contribution in [2.24, 2.45) is 28.1 Å². The number of aromatic nitrogens is 8. The molecule has 15 N–H and O–H groups in total. The molecule has 4 amide bonds. The zero-order valence-electron chi connectivity index (χ0n) is 56.0. The molecule has 0 bridgehead atoms. The molecule has 0 radical (unpaired) electrons. The van der Waals surface area contributed by atoms with Crippen molar-refractivity contribution in [3.8, 4) is 79.5 Å². The summed E-state index contributed by atoms with van der Waals surface area (Å²) < 4.78 is 62.0. The number of aromatic hydroxyl groups is 1. The van der Waals surface area contributed by atoms with Crippen molar-refractivity contribution in [2.45, 2.75) is 4.90 Å². The Morgan fingerprint density at radius 1 is 0.375 bits per heavy atom. The third-order valence-corrected chi connectivity index (χ3v) is 15.5. The van der Waals surface area contributed by atoms with Crippen molar-refractivity contribution >= 4 is 80.2 Å². The van der Waals surface area contributed by atoms with E-state index < -0.39 is 33.7 Å². The van der Waals surface area contributed by atoms with Gasteiger partial charge < -0.3 is 73.0 Å². The molecule has 0 spiro atoms. The standard InChI is InChI=1S/C19H18N4O3.C18H15FN4O2.C18H17N5O4S.C18H16N4O3/c1-25-14-5-3-4-13(11-14)22-19-21-9-8-16(23-19)12-6-7-17(26-2)15(10-12)18(20)24;1-25-16-6-5-11(9-14(16)17(20)24)15-7-8-21-18(23-15)22-13-4-2-3-12(19)10-13;1-27-16-6-5-11(9-14(16)17(19)24)15-7-8-21-18(23-15)22-12-3-2-4-13(10-12)28(20,25)26;1-25-16-6-5-11(9-14(16)17(19)24)15-7-8-20-18(22-15)21-12-3-2-4-13(23)10-12/h3-11H,1-2H3,(H2,20,24)(H,21,22,23);2-10H,1H3,(H2,20,24)(H,21,22,23);2-10H,1H3,(H2,19,24)(H2,20,25,26)(H,21,22,23);2-10,23H,1H3,(H2,19,24)(H,20,21,22). The van der Waals surface area contributed by atoms with Crippen LogP contribution in [0.15, 0.2) is 224 Å². The molecule has 0 saturated heterocycles. The first-order chi connectivity index (χ1) is 50.0. The minimum absolute atomic E-state index is 0.0325. The molecule has 528 valence electrons. The summed E-state index contributed by atoms with van der Waals surface area (Å²) in [5.41, 5.74) is 30.2. The van der Waals surface area contributed by atoms with E-state index in [1.807, 2.05) is 30.3 Å². The minimum Gasteiger partial charge on any atom is -0.508 e. The predicted molar refractivity (Wildman–Crippen MR) is 389 cm³/mol. The van der Waals surface area contributed by atoms with E-state index in [0.717, 1.165) is 17.0 Å². The van der Waals surface area contributed by atoms with Crippen LogP contribution in [0.5, 0.6) is 34.5 Å². The number of benzene rings is 8. The number of amides is 4. The van der Waals surface area contributed by atoms with Crippen molar-refractivity contribution in [1.82, 2.24) is 39.9 Å². The van der Waals surface area contributed by atoms with E-state index in [0.29, 0.717) is 103 Å². The van der Waals surface area contributed by atoms with Crippen LogP contribution in [-0.4, -0.2) is 113 Å². The zero-order chi connectivity index (χ0) is 74.5. The van der Waals surface area contributed by atoms with E-state index in [1.165, 1.54) is 58.9 Å². The molecule has 104 heavy (non-hydrogen) atoms. The molecule has 0 aliphatic rings. The van der Waals surface area contributed by atoms with Gasteiger partial charge in [0.1, 0.15) is 40.3 Å². The molecule has 0 fully saturated rings. The zero-order valence-corrected chi connectivity index (χ0v) is 56.8. The number of sulfonamides is 1. The molecular formula is C73H66FN17O12S. The molecule has 0 atom stereocenters. The lowest BCUT2D eigenvalue weighted by molar-refractivity contribution is 0.0988. The van der Waals surface area contributed by atoms with Crippen LogP contribution >= 0.6 is 0 Å². The first-order valence-corrected chi connectivity index (χ1v) is 32.2. The van der Waals surface area contributed by atoms with Crippen LogP contribution < -0.4 is 73.0 Å². The molecular weight excluding hydrogens is 1360 g/mol. The molecule has 31 heteroatoms. The van der Waals surface area contributed by atoms with Gasteiger partial charge in [-0.1, -0.05) is 24.3 Å². The number of nitrogens with one attached hydrogen (secondary N) is 4. The summed E-state index contributed by atoms with van der Waals surface area (Å²) in [5, 5.41) is 26.7. The normalized spacial score (nSPS) is 10.5. The fourth-order valence-corrected chi connectivity index (χ4v) is 10.2. The fraction of sp³-hybridized carbons (Fsp3) is 0.0685. The van der Waals surface area contributed by atoms with Crippen LogP contribution in [0.2, 0.25) is 0 Å². The Morgan fingerprint density at radius 3 is 0.990 bits per heavy atom. The van der Waals surface area contributed by atoms with Crippen LogP contribution in [-0.2, 0) is 10.0 Å². The van der Waals surface area contributed by atoms with Crippen LogP contribution in [0.4, 0.5) is 50.9 Å². The van der Waals surface area contributed by atoms with E-state index in [1.54, 1.807) is 165 Å².